The fourth-order valence-electron chi connectivity index (χ4n) is 3.82. The largest absolute Gasteiger partial charge is 0.310 e. The molecule has 1 aromatic carbocycles. The molecule has 0 amide bonds. The van der Waals surface area contributed by atoms with E-state index in [9.17, 15) is 8.78 Å². The number of nitrogens with zero attached hydrogens (tertiary/aromatic N) is 1. The Labute approximate surface area is 125 Å². The van der Waals surface area contributed by atoms with Crippen molar-refractivity contribution < 1.29 is 8.78 Å². The van der Waals surface area contributed by atoms with Gasteiger partial charge in [-0.05, 0) is 38.8 Å². The maximum Gasteiger partial charge on any atom is 0.163 e. The van der Waals surface area contributed by atoms with Crippen molar-refractivity contribution in [3.63, 3.8) is 0 Å². The van der Waals surface area contributed by atoms with Crippen LogP contribution in [-0.4, -0.2) is 29.6 Å². The van der Waals surface area contributed by atoms with Crippen LogP contribution in [0.15, 0.2) is 18.2 Å². The van der Waals surface area contributed by atoms with E-state index in [2.05, 4.69) is 17.1 Å². The summed E-state index contributed by atoms with van der Waals surface area (Å²) in [5.41, 5.74) is 0.658. The number of nitrogens with one attached hydrogen (secondary N) is 1. The van der Waals surface area contributed by atoms with Crippen molar-refractivity contribution >= 4 is 0 Å². The lowest BCUT2D eigenvalue weighted by atomic mass is 9.96. The third-order valence-corrected chi connectivity index (χ3v) is 5.16. The van der Waals surface area contributed by atoms with Gasteiger partial charge in [0.1, 0.15) is 0 Å². The fraction of sp³-hybridized carbons (Fsp3) is 0.647. The highest BCUT2D eigenvalue weighted by atomic mass is 19.2. The van der Waals surface area contributed by atoms with Crippen molar-refractivity contribution in [3.8, 4) is 0 Å². The number of halogens is 2. The zero-order valence-corrected chi connectivity index (χ0v) is 12.7. The molecule has 1 aliphatic carbocycles. The van der Waals surface area contributed by atoms with Crippen LogP contribution in [0.4, 0.5) is 8.78 Å². The van der Waals surface area contributed by atoms with Gasteiger partial charge in [0, 0.05) is 30.2 Å². The van der Waals surface area contributed by atoms with E-state index >= 15 is 0 Å². The molecule has 4 heteroatoms. The second kappa shape index (κ2) is 6.01. The molecule has 1 spiro atoms. The highest BCUT2D eigenvalue weighted by molar-refractivity contribution is 5.19. The summed E-state index contributed by atoms with van der Waals surface area (Å²) in [6.45, 7) is 4.63. The molecule has 1 saturated heterocycles. The molecule has 1 N–H and O–H groups in total. The van der Waals surface area contributed by atoms with E-state index in [0.717, 1.165) is 19.5 Å². The summed E-state index contributed by atoms with van der Waals surface area (Å²) in [5, 5.41) is 3.72. The summed E-state index contributed by atoms with van der Waals surface area (Å²) in [6.07, 6.45) is 5.98. The first-order valence-electron chi connectivity index (χ1n) is 8.02. The topological polar surface area (TPSA) is 15.3 Å². The normalized spacial score (nSPS) is 26.1. The minimum Gasteiger partial charge on any atom is -0.310 e. The molecular formula is C17H24F2N2. The van der Waals surface area contributed by atoms with Gasteiger partial charge >= 0.3 is 0 Å². The summed E-state index contributed by atoms with van der Waals surface area (Å²) in [5.74, 6) is -1.44. The standard InChI is InChI=1S/C17H24F2N2/c1-13-7-10-20-17(8-2-3-9-17)12-21(13)11-14-5-4-6-15(18)16(14)19/h4-6,13,20H,2-3,7-12H2,1H3. The van der Waals surface area contributed by atoms with Crippen LogP contribution in [0.2, 0.25) is 0 Å². The Morgan fingerprint density at radius 3 is 2.81 bits per heavy atom. The summed E-state index contributed by atoms with van der Waals surface area (Å²) >= 11 is 0. The van der Waals surface area contributed by atoms with Gasteiger partial charge in [0.25, 0.3) is 0 Å². The van der Waals surface area contributed by atoms with E-state index < -0.39 is 11.6 Å². The van der Waals surface area contributed by atoms with Crippen molar-refractivity contribution in [3.05, 3.63) is 35.4 Å². The molecule has 3 rings (SSSR count). The average Bonchev–Trinajstić information content (AvgIpc) is 2.85. The van der Waals surface area contributed by atoms with E-state index in [0.29, 0.717) is 18.2 Å². The van der Waals surface area contributed by atoms with Crippen molar-refractivity contribution in [2.45, 2.75) is 57.2 Å². The van der Waals surface area contributed by atoms with E-state index in [1.165, 1.54) is 31.7 Å². The van der Waals surface area contributed by atoms with E-state index in [1.807, 2.05) is 0 Å². The summed E-state index contributed by atoms with van der Waals surface area (Å²) < 4.78 is 27.3. The van der Waals surface area contributed by atoms with Crippen LogP contribution in [0.25, 0.3) is 0 Å². The van der Waals surface area contributed by atoms with Crippen LogP contribution in [0.5, 0.6) is 0 Å². The SMILES string of the molecule is CC1CCNC2(CCCC2)CN1Cc1cccc(F)c1F. The second-order valence-corrected chi connectivity index (χ2v) is 6.67. The van der Waals surface area contributed by atoms with Crippen LogP contribution in [0.3, 0.4) is 0 Å². The molecule has 2 nitrogen and oxygen atoms in total. The summed E-state index contributed by atoms with van der Waals surface area (Å²) in [4.78, 5) is 2.32. The Morgan fingerprint density at radius 1 is 1.29 bits per heavy atom. The monoisotopic (exact) mass is 294 g/mol. The molecule has 1 heterocycles. The molecule has 0 radical (unpaired) electrons. The smallest absolute Gasteiger partial charge is 0.163 e. The van der Waals surface area contributed by atoms with Crippen molar-refractivity contribution in [1.29, 1.82) is 0 Å². The molecule has 2 fully saturated rings. The Morgan fingerprint density at radius 2 is 2.05 bits per heavy atom. The zero-order valence-electron chi connectivity index (χ0n) is 12.7. The molecular weight excluding hydrogens is 270 g/mol. The predicted octanol–water partition coefficient (Wildman–Crippen LogP) is 3.46. The van der Waals surface area contributed by atoms with Crippen LogP contribution in [0, 0.1) is 11.6 Å². The Balaban J connectivity index is 1.79. The van der Waals surface area contributed by atoms with E-state index in [4.69, 9.17) is 0 Å². The van der Waals surface area contributed by atoms with Gasteiger partial charge in [-0.1, -0.05) is 25.0 Å². The molecule has 1 atom stereocenters. The van der Waals surface area contributed by atoms with Gasteiger partial charge in [-0.25, -0.2) is 8.78 Å². The maximum atomic E-state index is 13.9. The first-order chi connectivity index (χ1) is 10.1. The quantitative estimate of drug-likeness (QED) is 0.898. The molecule has 1 saturated carbocycles. The number of hydrogen-bond acceptors (Lipinski definition) is 2. The zero-order chi connectivity index (χ0) is 14.9. The van der Waals surface area contributed by atoms with Crippen LogP contribution in [0.1, 0.15) is 44.6 Å². The minimum atomic E-state index is -0.747. The van der Waals surface area contributed by atoms with Crippen molar-refractivity contribution in [2.24, 2.45) is 0 Å². The highest BCUT2D eigenvalue weighted by Gasteiger charge is 2.38. The number of benzene rings is 1. The fourth-order valence-corrected chi connectivity index (χ4v) is 3.82. The molecule has 1 aliphatic heterocycles. The molecule has 0 aromatic heterocycles. The van der Waals surface area contributed by atoms with Crippen LogP contribution >= 0.6 is 0 Å². The van der Waals surface area contributed by atoms with Gasteiger partial charge in [-0.2, -0.15) is 0 Å². The Kier molecular flexibility index (Phi) is 4.27. The molecule has 21 heavy (non-hydrogen) atoms. The molecule has 1 aromatic rings. The maximum absolute atomic E-state index is 13.9. The molecule has 2 aliphatic rings. The Bertz CT molecular complexity index is 498. The molecule has 1 unspecified atom stereocenters. The lowest BCUT2D eigenvalue weighted by molar-refractivity contribution is 0.158. The Hall–Kier alpha value is -1.00. The van der Waals surface area contributed by atoms with Crippen molar-refractivity contribution in [2.75, 3.05) is 13.1 Å². The average molecular weight is 294 g/mol. The third kappa shape index (κ3) is 3.11. The summed E-state index contributed by atoms with van der Waals surface area (Å²) in [6, 6.07) is 4.87. The predicted molar refractivity (Wildman–Crippen MR) is 80.0 cm³/mol. The van der Waals surface area contributed by atoms with Gasteiger partial charge in [-0.3, -0.25) is 4.90 Å². The third-order valence-electron chi connectivity index (χ3n) is 5.16. The summed E-state index contributed by atoms with van der Waals surface area (Å²) in [7, 11) is 0. The van der Waals surface area contributed by atoms with Gasteiger partial charge in [0.05, 0.1) is 0 Å². The molecule has 0 bridgehead atoms. The first-order valence-corrected chi connectivity index (χ1v) is 8.02. The number of hydrogen-bond donors (Lipinski definition) is 1. The van der Waals surface area contributed by atoms with Gasteiger partial charge < -0.3 is 5.32 Å². The van der Waals surface area contributed by atoms with Crippen molar-refractivity contribution in [1.82, 2.24) is 10.2 Å². The van der Waals surface area contributed by atoms with Crippen LogP contribution in [-0.2, 0) is 6.54 Å². The first kappa shape index (κ1) is 14.9. The molecule has 116 valence electrons. The minimum absolute atomic E-state index is 0.189. The lowest BCUT2D eigenvalue weighted by Gasteiger charge is -2.35. The lowest BCUT2D eigenvalue weighted by Crippen LogP contribution is -2.50. The van der Waals surface area contributed by atoms with Gasteiger partial charge in [0.15, 0.2) is 11.6 Å². The second-order valence-electron chi connectivity index (χ2n) is 6.67. The van der Waals surface area contributed by atoms with Gasteiger partial charge in [-0.15, -0.1) is 0 Å². The van der Waals surface area contributed by atoms with Crippen LogP contribution < -0.4 is 5.32 Å². The van der Waals surface area contributed by atoms with E-state index in [-0.39, 0.29) is 5.54 Å². The highest BCUT2D eigenvalue weighted by Crippen LogP contribution is 2.33. The van der Waals surface area contributed by atoms with E-state index in [1.54, 1.807) is 12.1 Å². The number of rotatable bonds is 2. The van der Waals surface area contributed by atoms with Gasteiger partial charge in [0.2, 0.25) is 0 Å².